The van der Waals surface area contributed by atoms with Crippen molar-refractivity contribution in [3.05, 3.63) is 66.0 Å². The summed E-state index contributed by atoms with van der Waals surface area (Å²) in [4.78, 5) is 32.1. The molecular weight excluding hydrogens is 546 g/mol. The maximum atomic E-state index is 12.1. The van der Waals surface area contributed by atoms with Crippen molar-refractivity contribution in [1.29, 1.82) is 0 Å². The molecule has 4 N–H and O–H groups in total. The first-order valence-electron chi connectivity index (χ1n) is 13.5. The van der Waals surface area contributed by atoms with Crippen molar-refractivity contribution in [3.63, 3.8) is 0 Å². The van der Waals surface area contributed by atoms with Gasteiger partial charge in [-0.05, 0) is 75.9 Å². The molecule has 1 saturated heterocycles. The molecule has 2 atom stereocenters. The number of carboxylic acid groups (broad SMARTS) is 1. The lowest BCUT2D eigenvalue weighted by atomic mass is 9.85. The fraction of sp³-hybridized carbons (Fsp3) is 0.448. The summed E-state index contributed by atoms with van der Waals surface area (Å²) in [5.41, 5.74) is 0.557. The van der Waals surface area contributed by atoms with Gasteiger partial charge in [-0.3, -0.25) is 4.79 Å². The number of rotatable bonds is 13. The van der Waals surface area contributed by atoms with Gasteiger partial charge in [-0.25, -0.2) is 14.8 Å². The Morgan fingerprint density at radius 2 is 2.05 bits per heavy atom. The molecule has 4 rings (SSSR count). The Hall–Kier alpha value is -3.15. The number of thiazole rings is 1. The van der Waals surface area contributed by atoms with Gasteiger partial charge in [0.2, 0.25) is 11.8 Å². The molecule has 2 aromatic heterocycles. The highest BCUT2D eigenvalue weighted by Gasteiger charge is 2.25. The second kappa shape index (κ2) is 14.0. The van der Waals surface area contributed by atoms with E-state index in [0.29, 0.717) is 29.4 Å². The topological polar surface area (TPSA) is 129 Å². The lowest BCUT2D eigenvalue weighted by Gasteiger charge is -2.30. The first-order valence-corrected chi connectivity index (χ1v) is 15.3. The van der Waals surface area contributed by atoms with Gasteiger partial charge in [0.05, 0.1) is 27.9 Å². The Kier molecular flexibility index (Phi) is 10.4. The van der Waals surface area contributed by atoms with Gasteiger partial charge in [-0.1, -0.05) is 31.3 Å². The van der Waals surface area contributed by atoms with Crippen LogP contribution in [0.2, 0.25) is 0 Å². The SMILES string of the molecule is C[C@H]1NCCC[C@H]1Nc1ncc(SCc2ncc(C(C)(C)CCC/C=C/C(=O)Nc3ccc(C(=O)O)cc3)o2)s1. The minimum atomic E-state index is -0.999. The largest absolute Gasteiger partial charge is 0.478 e. The van der Waals surface area contributed by atoms with Crippen LogP contribution in [0.3, 0.4) is 0 Å². The van der Waals surface area contributed by atoms with Crippen LogP contribution >= 0.6 is 23.1 Å². The number of carbonyl (C=O) groups excluding carboxylic acids is 1. The van der Waals surface area contributed by atoms with E-state index in [0.717, 1.165) is 47.3 Å². The minimum absolute atomic E-state index is 0.176. The number of unbranched alkanes of at least 4 members (excludes halogenated alkanes) is 1. The number of amides is 1. The molecule has 1 aliphatic rings. The lowest BCUT2D eigenvalue weighted by molar-refractivity contribution is -0.111. The van der Waals surface area contributed by atoms with Gasteiger partial charge in [-0.15, -0.1) is 11.8 Å². The maximum absolute atomic E-state index is 12.1. The summed E-state index contributed by atoms with van der Waals surface area (Å²) in [6.07, 6.45) is 12.0. The summed E-state index contributed by atoms with van der Waals surface area (Å²) < 4.78 is 7.24. The standard InChI is InChI=1S/C29H37N5O4S2/c1-19-22(8-7-15-30-19)34-28-32-17-26(40-28)39-18-25-31-16-23(38-25)29(2,3)14-6-4-5-9-24(35)33-21-12-10-20(11-13-21)27(36)37/h5,9-13,16-17,19,22,30H,4,6-8,14-15,18H2,1-3H3,(H,32,34)(H,33,35)(H,36,37)/b9-5+/t19-,22-/m1/s1. The summed E-state index contributed by atoms with van der Waals surface area (Å²) in [6, 6.07) is 6.92. The zero-order valence-corrected chi connectivity index (χ0v) is 24.7. The van der Waals surface area contributed by atoms with Gasteiger partial charge in [-0.2, -0.15) is 0 Å². The van der Waals surface area contributed by atoms with E-state index in [1.165, 1.54) is 24.6 Å². The number of piperidine rings is 1. The number of benzene rings is 1. The van der Waals surface area contributed by atoms with Gasteiger partial charge in [0.1, 0.15) is 5.76 Å². The van der Waals surface area contributed by atoms with Crippen LogP contribution in [0.4, 0.5) is 10.8 Å². The minimum Gasteiger partial charge on any atom is -0.478 e. The van der Waals surface area contributed by atoms with Gasteiger partial charge < -0.3 is 25.5 Å². The van der Waals surface area contributed by atoms with E-state index in [9.17, 15) is 9.59 Å². The third kappa shape index (κ3) is 8.67. The number of aromatic nitrogens is 2. The highest BCUT2D eigenvalue weighted by Crippen LogP contribution is 2.34. The number of oxazole rings is 1. The first kappa shape index (κ1) is 29.8. The van der Waals surface area contributed by atoms with Crippen molar-refractivity contribution in [2.75, 3.05) is 17.2 Å². The van der Waals surface area contributed by atoms with Crippen molar-refractivity contribution < 1.29 is 19.1 Å². The molecule has 1 aromatic carbocycles. The van der Waals surface area contributed by atoms with Crippen LogP contribution in [0.5, 0.6) is 0 Å². The van der Waals surface area contributed by atoms with Gasteiger partial charge in [0, 0.05) is 23.2 Å². The van der Waals surface area contributed by atoms with E-state index in [-0.39, 0.29) is 16.9 Å². The predicted molar refractivity (Wildman–Crippen MR) is 160 cm³/mol. The Bertz CT molecular complexity index is 1300. The van der Waals surface area contributed by atoms with Crippen molar-refractivity contribution in [3.8, 4) is 0 Å². The summed E-state index contributed by atoms with van der Waals surface area (Å²) in [7, 11) is 0. The molecule has 0 saturated carbocycles. The molecule has 214 valence electrons. The van der Waals surface area contributed by atoms with Crippen LogP contribution in [0.1, 0.15) is 74.9 Å². The molecule has 0 spiro atoms. The predicted octanol–water partition coefficient (Wildman–Crippen LogP) is 6.32. The number of aromatic carboxylic acids is 1. The van der Waals surface area contributed by atoms with Crippen molar-refractivity contribution in [1.82, 2.24) is 15.3 Å². The fourth-order valence-corrected chi connectivity index (χ4v) is 6.26. The average molecular weight is 584 g/mol. The normalized spacial score (nSPS) is 17.7. The molecule has 11 heteroatoms. The Balaban J connectivity index is 1.17. The van der Waals surface area contributed by atoms with E-state index >= 15 is 0 Å². The molecule has 1 aliphatic heterocycles. The third-order valence-electron chi connectivity index (χ3n) is 6.95. The van der Waals surface area contributed by atoms with E-state index in [2.05, 4.69) is 46.7 Å². The number of hydrogen-bond donors (Lipinski definition) is 4. The number of nitrogens with zero attached hydrogens (tertiary/aromatic N) is 2. The molecule has 0 radical (unpaired) electrons. The second-order valence-electron chi connectivity index (χ2n) is 10.6. The first-order chi connectivity index (χ1) is 19.2. The summed E-state index contributed by atoms with van der Waals surface area (Å²) in [6.45, 7) is 7.58. The van der Waals surface area contributed by atoms with Crippen LogP contribution in [-0.4, -0.2) is 45.6 Å². The molecule has 40 heavy (non-hydrogen) atoms. The number of carboxylic acids is 1. The zero-order chi connectivity index (χ0) is 28.5. The molecule has 0 bridgehead atoms. The fourth-order valence-electron chi connectivity index (χ4n) is 4.47. The van der Waals surface area contributed by atoms with E-state index < -0.39 is 5.97 Å². The number of anilines is 2. The zero-order valence-electron chi connectivity index (χ0n) is 23.1. The average Bonchev–Trinajstić information content (AvgIpc) is 3.59. The monoisotopic (exact) mass is 583 g/mol. The van der Waals surface area contributed by atoms with Gasteiger partial charge >= 0.3 is 5.97 Å². The number of nitrogens with one attached hydrogen (secondary N) is 3. The molecule has 3 aromatic rings. The molecule has 1 fully saturated rings. The summed E-state index contributed by atoms with van der Waals surface area (Å²) >= 11 is 3.35. The van der Waals surface area contributed by atoms with Gasteiger partial charge in [0.15, 0.2) is 5.13 Å². The van der Waals surface area contributed by atoms with Crippen LogP contribution in [-0.2, 0) is 16.0 Å². The third-order valence-corrected chi connectivity index (χ3v) is 9.06. The smallest absolute Gasteiger partial charge is 0.335 e. The summed E-state index contributed by atoms with van der Waals surface area (Å²) in [5, 5.41) is 19.7. The molecule has 0 aliphatic carbocycles. The molecular formula is C29H37N5O4S2. The second-order valence-corrected chi connectivity index (χ2v) is 12.9. The molecule has 9 nitrogen and oxygen atoms in total. The van der Waals surface area contributed by atoms with Crippen molar-refractivity contribution in [2.45, 2.75) is 80.3 Å². The number of hydrogen-bond acceptors (Lipinski definition) is 9. The van der Waals surface area contributed by atoms with E-state index in [1.807, 2.05) is 18.5 Å². The number of carbonyl (C=O) groups is 2. The van der Waals surface area contributed by atoms with E-state index in [1.54, 1.807) is 35.2 Å². The van der Waals surface area contributed by atoms with Crippen molar-refractivity contribution in [2.24, 2.45) is 0 Å². The Morgan fingerprint density at radius 1 is 1.25 bits per heavy atom. The van der Waals surface area contributed by atoms with Crippen LogP contribution in [0.15, 0.2) is 57.4 Å². The lowest BCUT2D eigenvalue weighted by Crippen LogP contribution is -2.46. The van der Waals surface area contributed by atoms with Crippen LogP contribution in [0, 0.1) is 0 Å². The number of thioether (sulfide) groups is 1. The van der Waals surface area contributed by atoms with Gasteiger partial charge in [0.25, 0.3) is 0 Å². The van der Waals surface area contributed by atoms with Crippen LogP contribution < -0.4 is 16.0 Å². The molecule has 1 amide bonds. The Labute approximate surface area is 243 Å². The molecule has 0 unspecified atom stereocenters. The Morgan fingerprint density at radius 3 is 2.80 bits per heavy atom. The quantitative estimate of drug-likeness (QED) is 0.104. The highest BCUT2D eigenvalue weighted by atomic mass is 32.2. The summed E-state index contributed by atoms with van der Waals surface area (Å²) in [5.74, 6) is 0.968. The van der Waals surface area contributed by atoms with Crippen molar-refractivity contribution >= 4 is 45.8 Å². The van der Waals surface area contributed by atoms with Crippen LogP contribution in [0.25, 0.3) is 0 Å². The maximum Gasteiger partial charge on any atom is 0.335 e. The molecule has 3 heterocycles. The highest BCUT2D eigenvalue weighted by molar-refractivity contribution is 8.00. The number of allylic oxidation sites excluding steroid dienone is 1. The van der Waals surface area contributed by atoms with E-state index in [4.69, 9.17) is 9.52 Å².